The zero-order chi connectivity index (χ0) is 26.5. The van der Waals surface area contributed by atoms with E-state index in [-0.39, 0.29) is 18.0 Å². The molecule has 9 heteroatoms. The molecule has 190 valence electrons. The summed E-state index contributed by atoms with van der Waals surface area (Å²) in [4.78, 5) is 42.5. The summed E-state index contributed by atoms with van der Waals surface area (Å²) in [6.45, 7) is 5.77. The quantitative estimate of drug-likeness (QED) is 0.559. The molecular weight excluding hydrogens is 470 g/mol. The normalized spacial score (nSPS) is 13.1. The monoisotopic (exact) mass is 499 g/mol. The van der Waals surface area contributed by atoms with Crippen molar-refractivity contribution in [3.8, 4) is 11.8 Å². The SMILES string of the molecule is COc1ccc(N2CCN(C(=O)c3cccc(NC(=O)Cn4c(C)cc(C)c(C#N)c4=O)c3)CC2)cc1. The molecule has 37 heavy (non-hydrogen) atoms. The Morgan fingerprint density at radius 2 is 1.73 bits per heavy atom. The first-order chi connectivity index (χ1) is 17.8. The molecule has 0 aliphatic carbocycles. The summed E-state index contributed by atoms with van der Waals surface area (Å²) in [6.07, 6.45) is 0. The van der Waals surface area contributed by atoms with E-state index in [4.69, 9.17) is 4.74 Å². The van der Waals surface area contributed by atoms with E-state index in [0.717, 1.165) is 11.4 Å². The van der Waals surface area contributed by atoms with Gasteiger partial charge in [0.05, 0.1) is 7.11 Å². The maximum atomic E-state index is 13.1. The highest BCUT2D eigenvalue weighted by Crippen LogP contribution is 2.21. The number of carbonyl (C=O) groups is 2. The Kier molecular flexibility index (Phi) is 7.58. The van der Waals surface area contributed by atoms with Crippen LogP contribution in [0.15, 0.2) is 59.4 Å². The van der Waals surface area contributed by atoms with E-state index >= 15 is 0 Å². The van der Waals surface area contributed by atoms with E-state index in [0.29, 0.717) is 48.7 Å². The third kappa shape index (κ3) is 5.64. The number of hydrogen-bond donors (Lipinski definition) is 1. The second kappa shape index (κ2) is 11.0. The number of aryl methyl sites for hydroxylation is 2. The molecule has 0 saturated carbocycles. The molecule has 2 heterocycles. The van der Waals surface area contributed by atoms with Gasteiger partial charge in [-0.2, -0.15) is 5.26 Å². The number of rotatable bonds is 6. The Labute approximate surface area is 215 Å². The molecule has 9 nitrogen and oxygen atoms in total. The van der Waals surface area contributed by atoms with Gasteiger partial charge in [0.15, 0.2) is 0 Å². The third-order valence-corrected chi connectivity index (χ3v) is 6.52. The van der Waals surface area contributed by atoms with Crippen molar-refractivity contribution in [2.45, 2.75) is 20.4 Å². The van der Waals surface area contributed by atoms with Gasteiger partial charge in [-0.25, -0.2) is 0 Å². The standard InChI is InChI=1S/C28H29N5O4/c1-19-15-20(2)33(28(36)25(19)17-29)18-26(34)30-22-6-4-5-21(16-22)27(35)32-13-11-31(12-14-32)23-7-9-24(37-3)10-8-23/h4-10,15-16H,11-14,18H2,1-3H3,(H,30,34). The minimum absolute atomic E-state index is 0.0260. The number of anilines is 2. The number of hydrogen-bond acceptors (Lipinski definition) is 6. The number of methoxy groups -OCH3 is 1. The van der Waals surface area contributed by atoms with Crippen LogP contribution in [0.2, 0.25) is 0 Å². The van der Waals surface area contributed by atoms with Crippen molar-refractivity contribution in [1.82, 2.24) is 9.47 Å². The van der Waals surface area contributed by atoms with Gasteiger partial charge in [-0.15, -0.1) is 0 Å². The fraction of sp³-hybridized carbons (Fsp3) is 0.286. The second-order valence-electron chi connectivity index (χ2n) is 8.95. The van der Waals surface area contributed by atoms with Crippen LogP contribution in [-0.2, 0) is 11.3 Å². The number of amides is 2. The lowest BCUT2D eigenvalue weighted by Gasteiger charge is -2.36. The van der Waals surface area contributed by atoms with Crippen molar-refractivity contribution in [3.05, 3.63) is 87.3 Å². The van der Waals surface area contributed by atoms with Gasteiger partial charge < -0.3 is 24.4 Å². The van der Waals surface area contributed by atoms with Crippen LogP contribution in [0.5, 0.6) is 5.75 Å². The smallest absolute Gasteiger partial charge is 0.269 e. The molecule has 1 aliphatic heterocycles. The minimum atomic E-state index is -0.493. The van der Waals surface area contributed by atoms with Gasteiger partial charge in [0.25, 0.3) is 11.5 Å². The maximum absolute atomic E-state index is 13.1. The number of benzene rings is 2. The van der Waals surface area contributed by atoms with Crippen LogP contribution in [0, 0.1) is 25.2 Å². The molecule has 3 aromatic rings. The number of ether oxygens (including phenoxy) is 1. The van der Waals surface area contributed by atoms with Gasteiger partial charge in [0.1, 0.15) is 23.9 Å². The predicted octanol–water partition coefficient (Wildman–Crippen LogP) is 2.95. The predicted molar refractivity (Wildman–Crippen MR) is 141 cm³/mol. The van der Waals surface area contributed by atoms with E-state index in [2.05, 4.69) is 10.2 Å². The molecule has 0 atom stereocenters. The van der Waals surface area contributed by atoms with Gasteiger partial charge in [-0.1, -0.05) is 6.07 Å². The van der Waals surface area contributed by atoms with Crippen LogP contribution >= 0.6 is 0 Å². The van der Waals surface area contributed by atoms with Crippen molar-refractivity contribution >= 4 is 23.2 Å². The average Bonchev–Trinajstić information content (AvgIpc) is 2.91. The fourth-order valence-corrected chi connectivity index (χ4v) is 4.48. The molecule has 4 rings (SSSR count). The van der Waals surface area contributed by atoms with Crippen LogP contribution in [0.4, 0.5) is 11.4 Å². The van der Waals surface area contributed by atoms with Crippen LogP contribution < -0.4 is 20.5 Å². The van der Waals surface area contributed by atoms with Gasteiger partial charge in [-0.3, -0.25) is 14.4 Å². The largest absolute Gasteiger partial charge is 0.497 e. The number of nitriles is 1. The Hall–Kier alpha value is -4.58. The lowest BCUT2D eigenvalue weighted by atomic mass is 10.1. The summed E-state index contributed by atoms with van der Waals surface area (Å²) in [6, 6.07) is 18.3. The molecule has 1 aromatic heterocycles. The van der Waals surface area contributed by atoms with E-state index in [9.17, 15) is 19.6 Å². The molecule has 1 saturated heterocycles. The number of aromatic nitrogens is 1. The summed E-state index contributed by atoms with van der Waals surface area (Å²) in [5.41, 5.74) is 2.73. The molecular formula is C28H29N5O4. The summed E-state index contributed by atoms with van der Waals surface area (Å²) < 4.78 is 6.49. The molecule has 0 unspecified atom stereocenters. The minimum Gasteiger partial charge on any atom is -0.497 e. The second-order valence-corrected chi connectivity index (χ2v) is 8.95. The highest BCUT2D eigenvalue weighted by atomic mass is 16.5. The number of nitrogens with zero attached hydrogens (tertiary/aromatic N) is 4. The number of piperazine rings is 1. The van der Waals surface area contributed by atoms with E-state index in [1.165, 1.54) is 4.57 Å². The number of nitrogens with one attached hydrogen (secondary N) is 1. The fourth-order valence-electron chi connectivity index (χ4n) is 4.48. The van der Waals surface area contributed by atoms with Crippen LogP contribution in [-0.4, -0.2) is 54.6 Å². The summed E-state index contributed by atoms with van der Waals surface area (Å²) in [5.74, 6) is 0.280. The van der Waals surface area contributed by atoms with Gasteiger partial charge >= 0.3 is 0 Å². The molecule has 1 fully saturated rings. The Balaban J connectivity index is 1.39. The molecule has 1 aliphatic rings. The Bertz CT molecular complexity index is 1410. The molecule has 2 aromatic carbocycles. The van der Waals surface area contributed by atoms with Gasteiger partial charge in [-0.05, 0) is 67.9 Å². The summed E-state index contributed by atoms with van der Waals surface area (Å²) in [5, 5.41) is 12.0. The van der Waals surface area contributed by atoms with Gasteiger partial charge in [0.2, 0.25) is 5.91 Å². The summed E-state index contributed by atoms with van der Waals surface area (Å²) >= 11 is 0. The summed E-state index contributed by atoms with van der Waals surface area (Å²) in [7, 11) is 1.64. The first-order valence-electron chi connectivity index (χ1n) is 12.0. The number of carbonyl (C=O) groups excluding carboxylic acids is 2. The average molecular weight is 500 g/mol. The zero-order valence-corrected chi connectivity index (χ0v) is 21.2. The van der Waals surface area contributed by atoms with E-state index in [1.807, 2.05) is 30.3 Å². The molecule has 1 N–H and O–H groups in total. The van der Waals surface area contributed by atoms with Crippen molar-refractivity contribution in [1.29, 1.82) is 5.26 Å². The van der Waals surface area contributed by atoms with Crippen LogP contribution in [0.3, 0.4) is 0 Å². The van der Waals surface area contributed by atoms with E-state index in [1.54, 1.807) is 56.2 Å². The first kappa shape index (κ1) is 25.5. The molecule has 0 bridgehead atoms. The van der Waals surface area contributed by atoms with E-state index < -0.39 is 11.5 Å². The maximum Gasteiger partial charge on any atom is 0.269 e. The van der Waals surface area contributed by atoms with Crippen LogP contribution in [0.1, 0.15) is 27.2 Å². The highest BCUT2D eigenvalue weighted by molar-refractivity contribution is 5.97. The van der Waals surface area contributed by atoms with Crippen molar-refractivity contribution in [3.63, 3.8) is 0 Å². The lowest BCUT2D eigenvalue weighted by molar-refractivity contribution is -0.116. The molecule has 2 amide bonds. The van der Waals surface area contributed by atoms with Crippen molar-refractivity contribution < 1.29 is 14.3 Å². The number of pyridine rings is 1. The van der Waals surface area contributed by atoms with Crippen molar-refractivity contribution in [2.75, 3.05) is 43.5 Å². The van der Waals surface area contributed by atoms with Crippen molar-refractivity contribution in [2.24, 2.45) is 0 Å². The molecule has 0 radical (unpaired) electrons. The molecule has 0 spiro atoms. The van der Waals surface area contributed by atoms with Crippen LogP contribution in [0.25, 0.3) is 0 Å². The highest BCUT2D eigenvalue weighted by Gasteiger charge is 2.23. The first-order valence-corrected chi connectivity index (χ1v) is 12.0. The zero-order valence-electron chi connectivity index (χ0n) is 21.2. The topological polar surface area (TPSA) is 108 Å². The Morgan fingerprint density at radius 3 is 2.38 bits per heavy atom. The lowest BCUT2D eigenvalue weighted by Crippen LogP contribution is -2.48. The third-order valence-electron chi connectivity index (χ3n) is 6.52. The Morgan fingerprint density at radius 1 is 1.03 bits per heavy atom. The van der Waals surface area contributed by atoms with Gasteiger partial charge in [0, 0.05) is 48.8 Å².